The van der Waals surface area contributed by atoms with Crippen molar-refractivity contribution in [2.45, 2.75) is 19.8 Å². The molecule has 1 aromatic heterocycles. The van der Waals surface area contributed by atoms with Crippen LogP contribution in [0.3, 0.4) is 0 Å². The van der Waals surface area contributed by atoms with Crippen molar-refractivity contribution in [1.29, 1.82) is 0 Å². The molecule has 2 N–H and O–H groups in total. The Bertz CT molecular complexity index is 911. The van der Waals surface area contributed by atoms with E-state index in [4.69, 9.17) is 0 Å². The predicted octanol–water partition coefficient (Wildman–Crippen LogP) is 3.76. The largest absolute Gasteiger partial charge is 0.350 e. The zero-order chi connectivity index (χ0) is 19.9. The van der Waals surface area contributed by atoms with E-state index in [2.05, 4.69) is 24.5 Å². The molecular formula is C23H25N3O2. The lowest BCUT2D eigenvalue weighted by molar-refractivity contribution is 0.0927. The molecule has 3 rings (SSSR count). The lowest BCUT2D eigenvalue weighted by atomic mass is 10.0. The molecule has 0 saturated carbocycles. The molecule has 144 valence electrons. The lowest BCUT2D eigenvalue weighted by Gasteiger charge is -2.09. The maximum absolute atomic E-state index is 12.2. The van der Waals surface area contributed by atoms with Crippen LogP contribution in [0.4, 0.5) is 0 Å². The van der Waals surface area contributed by atoms with Gasteiger partial charge < -0.3 is 15.2 Å². The molecular weight excluding hydrogens is 350 g/mol. The van der Waals surface area contributed by atoms with E-state index in [1.54, 1.807) is 12.1 Å². The number of aromatic nitrogens is 1. The van der Waals surface area contributed by atoms with Crippen LogP contribution in [-0.4, -0.2) is 29.5 Å². The van der Waals surface area contributed by atoms with Gasteiger partial charge in [-0.25, -0.2) is 0 Å². The number of hydrogen-bond donors (Lipinski definition) is 2. The number of carbonyl (C=O) groups excluding carboxylic acids is 2. The highest BCUT2D eigenvalue weighted by molar-refractivity contribution is 5.95. The minimum absolute atomic E-state index is 0.138. The Hall–Kier alpha value is -3.34. The third kappa shape index (κ3) is 4.88. The summed E-state index contributed by atoms with van der Waals surface area (Å²) in [5, 5.41) is 5.65. The summed E-state index contributed by atoms with van der Waals surface area (Å²) in [4.78, 5) is 24.4. The first-order valence-electron chi connectivity index (χ1n) is 9.44. The van der Waals surface area contributed by atoms with Gasteiger partial charge in [0, 0.05) is 42.3 Å². The Morgan fingerprint density at radius 3 is 1.71 bits per heavy atom. The molecule has 0 fully saturated rings. The summed E-state index contributed by atoms with van der Waals surface area (Å²) in [5.74, 6) is 0.139. The molecule has 0 spiro atoms. The average molecular weight is 375 g/mol. The first-order chi connectivity index (χ1) is 13.5. The zero-order valence-electron chi connectivity index (χ0n) is 16.2. The Labute approximate surface area is 165 Å². The SMILES string of the molecule is CC(C)c1ccc(C(=O)NCCNC(=O)c2ccc(-n3cccc3)cc2)cc1. The standard InChI is InChI=1S/C23H25N3O2/c1-17(2)18-5-7-19(8-6-18)22(27)24-13-14-25-23(28)20-9-11-21(12-10-20)26-15-3-4-16-26/h3-12,15-17H,13-14H2,1-2H3,(H,24,27)(H,25,28). The topological polar surface area (TPSA) is 63.1 Å². The molecule has 28 heavy (non-hydrogen) atoms. The Morgan fingerprint density at radius 2 is 1.25 bits per heavy atom. The summed E-state index contributed by atoms with van der Waals surface area (Å²) in [6, 6.07) is 18.9. The van der Waals surface area contributed by atoms with Gasteiger partial charge in [-0.2, -0.15) is 0 Å². The Morgan fingerprint density at radius 1 is 0.786 bits per heavy atom. The predicted molar refractivity (Wildman–Crippen MR) is 111 cm³/mol. The maximum Gasteiger partial charge on any atom is 0.251 e. The molecule has 1 heterocycles. The second-order valence-corrected chi connectivity index (χ2v) is 6.93. The maximum atomic E-state index is 12.2. The van der Waals surface area contributed by atoms with E-state index >= 15 is 0 Å². The molecule has 0 aliphatic heterocycles. The second kappa shape index (κ2) is 9.04. The van der Waals surface area contributed by atoms with Gasteiger partial charge in [0.15, 0.2) is 0 Å². The van der Waals surface area contributed by atoms with Gasteiger partial charge in [0.25, 0.3) is 11.8 Å². The first kappa shape index (κ1) is 19.4. The summed E-state index contributed by atoms with van der Waals surface area (Å²) in [6.07, 6.45) is 3.91. The van der Waals surface area contributed by atoms with Gasteiger partial charge in [0.1, 0.15) is 0 Å². The van der Waals surface area contributed by atoms with Crippen LogP contribution in [0.25, 0.3) is 5.69 Å². The first-order valence-corrected chi connectivity index (χ1v) is 9.44. The van der Waals surface area contributed by atoms with Gasteiger partial charge in [-0.05, 0) is 60.0 Å². The molecule has 3 aromatic rings. The highest BCUT2D eigenvalue weighted by Gasteiger charge is 2.08. The summed E-state index contributed by atoms with van der Waals surface area (Å²) >= 11 is 0. The minimum atomic E-state index is -0.158. The number of rotatable bonds is 7. The second-order valence-electron chi connectivity index (χ2n) is 6.93. The highest BCUT2D eigenvalue weighted by Crippen LogP contribution is 2.14. The minimum Gasteiger partial charge on any atom is -0.350 e. The van der Waals surface area contributed by atoms with Gasteiger partial charge in [-0.15, -0.1) is 0 Å². The molecule has 2 amide bonds. The van der Waals surface area contributed by atoms with Crippen LogP contribution in [0, 0.1) is 0 Å². The van der Waals surface area contributed by atoms with Crippen LogP contribution in [0.1, 0.15) is 46.0 Å². The third-order valence-corrected chi connectivity index (χ3v) is 4.57. The van der Waals surface area contributed by atoms with E-state index in [0.717, 1.165) is 5.69 Å². The number of nitrogens with zero attached hydrogens (tertiary/aromatic N) is 1. The number of nitrogens with one attached hydrogen (secondary N) is 2. The van der Waals surface area contributed by atoms with E-state index in [0.29, 0.717) is 30.1 Å². The quantitative estimate of drug-likeness (QED) is 0.618. The van der Waals surface area contributed by atoms with Crippen molar-refractivity contribution in [3.05, 3.63) is 89.7 Å². The Kier molecular flexibility index (Phi) is 6.27. The molecule has 5 nitrogen and oxygen atoms in total. The van der Waals surface area contributed by atoms with E-state index in [1.807, 2.05) is 65.5 Å². The average Bonchev–Trinajstić information content (AvgIpc) is 3.26. The molecule has 2 aromatic carbocycles. The third-order valence-electron chi connectivity index (χ3n) is 4.57. The smallest absolute Gasteiger partial charge is 0.251 e. The highest BCUT2D eigenvalue weighted by atomic mass is 16.2. The van der Waals surface area contributed by atoms with E-state index < -0.39 is 0 Å². The molecule has 0 unspecified atom stereocenters. The Balaban J connectivity index is 1.44. The summed E-state index contributed by atoms with van der Waals surface area (Å²) < 4.78 is 1.98. The molecule has 5 heteroatoms. The van der Waals surface area contributed by atoms with Crippen molar-refractivity contribution in [1.82, 2.24) is 15.2 Å². The van der Waals surface area contributed by atoms with Crippen LogP contribution < -0.4 is 10.6 Å². The molecule has 0 aliphatic rings. The van der Waals surface area contributed by atoms with E-state index in [1.165, 1.54) is 5.56 Å². The number of amides is 2. The van der Waals surface area contributed by atoms with E-state index in [-0.39, 0.29) is 11.8 Å². The van der Waals surface area contributed by atoms with Crippen molar-refractivity contribution in [3.8, 4) is 5.69 Å². The molecule has 0 bridgehead atoms. The summed E-state index contributed by atoms with van der Waals surface area (Å²) in [5.41, 5.74) is 3.41. The summed E-state index contributed by atoms with van der Waals surface area (Å²) in [6.45, 7) is 4.98. The van der Waals surface area contributed by atoms with Crippen molar-refractivity contribution in [2.75, 3.05) is 13.1 Å². The molecule has 0 radical (unpaired) electrons. The monoisotopic (exact) mass is 375 g/mol. The zero-order valence-corrected chi connectivity index (χ0v) is 16.2. The van der Waals surface area contributed by atoms with Crippen LogP contribution in [0.15, 0.2) is 73.1 Å². The van der Waals surface area contributed by atoms with Gasteiger partial charge in [0.05, 0.1) is 0 Å². The van der Waals surface area contributed by atoms with Crippen LogP contribution >= 0.6 is 0 Å². The number of benzene rings is 2. The fourth-order valence-electron chi connectivity index (χ4n) is 2.87. The van der Waals surface area contributed by atoms with E-state index in [9.17, 15) is 9.59 Å². The van der Waals surface area contributed by atoms with Gasteiger partial charge >= 0.3 is 0 Å². The van der Waals surface area contributed by atoms with Crippen molar-refractivity contribution >= 4 is 11.8 Å². The molecule has 0 aliphatic carbocycles. The van der Waals surface area contributed by atoms with Gasteiger partial charge in [-0.1, -0.05) is 26.0 Å². The molecule has 0 atom stereocenters. The summed E-state index contributed by atoms with van der Waals surface area (Å²) in [7, 11) is 0. The normalized spacial score (nSPS) is 10.7. The fourth-order valence-corrected chi connectivity index (χ4v) is 2.87. The van der Waals surface area contributed by atoms with Crippen LogP contribution in [0.5, 0.6) is 0 Å². The number of carbonyl (C=O) groups is 2. The van der Waals surface area contributed by atoms with Gasteiger partial charge in [0.2, 0.25) is 0 Å². The van der Waals surface area contributed by atoms with Crippen molar-refractivity contribution in [2.24, 2.45) is 0 Å². The van der Waals surface area contributed by atoms with Crippen LogP contribution in [-0.2, 0) is 0 Å². The van der Waals surface area contributed by atoms with Crippen molar-refractivity contribution < 1.29 is 9.59 Å². The van der Waals surface area contributed by atoms with Gasteiger partial charge in [-0.3, -0.25) is 9.59 Å². The van der Waals surface area contributed by atoms with Crippen molar-refractivity contribution in [3.63, 3.8) is 0 Å². The molecule has 0 saturated heterocycles. The lowest BCUT2D eigenvalue weighted by Crippen LogP contribution is -2.34. The number of hydrogen-bond acceptors (Lipinski definition) is 2. The van der Waals surface area contributed by atoms with Crippen LogP contribution in [0.2, 0.25) is 0 Å². The fraction of sp³-hybridized carbons (Fsp3) is 0.217.